The summed E-state index contributed by atoms with van der Waals surface area (Å²) in [7, 11) is -1.69. The number of benzene rings is 2. The van der Waals surface area contributed by atoms with Gasteiger partial charge in [0, 0.05) is 50.6 Å². The van der Waals surface area contributed by atoms with E-state index < -0.39 is 10.0 Å². The molecule has 0 aliphatic heterocycles. The minimum atomic E-state index is -3.57. The summed E-state index contributed by atoms with van der Waals surface area (Å²) in [5.74, 6) is 0.588. The number of aryl methyl sites for hydroxylation is 3. The number of hydrogen-bond acceptors (Lipinski definition) is 5. The molecule has 1 amide bonds. The Hall–Kier alpha value is -3.50. The van der Waals surface area contributed by atoms with Gasteiger partial charge in [-0.2, -0.15) is 9.40 Å². The van der Waals surface area contributed by atoms with Crippen molar-refractivity contribution in [1.29, 1.82) is 0 Å². The van der Waals surface area contributed by atoms with Crippen molar-refractivity contribution in [2.75, 3.05) is 18.4 Å². The largest absolute Gasteiger partial charge is 0.331 e. The number of nitrogens with one attached hydrogen (secondary N) is 1. The number of hydrogen-bond donors (Lipinski definition) is 1. The molecule has 2 heterocycles. The first kappa shape index (κ1) is 24.6. The van der Waals surface area contributed by atoms with Gasteiger partial charge in [0.15, 0.2) is 0 Å². The summed E-state index contributed by atoms with van der Waals surface area (Å²) in [4.78, 5) is 17.5. The van der Waals surface area contributed by atoms with Crippen molar-refractivity contribution in [3.63, 3.8) is 0 Å². The Morgan fingerprint density at radius 2 is 1.86 bits per heavy atom. The second-order valence-corrected chi connectivity index (χ2v) is 10.2. The van der Waals surface area contributed by atoms with Crippen LogP contribution in [0.5, 0.6) is 0 Å². The van der Waals surface area contributed by atoms with Gasteiger partial charge < -0.3 is 9.88 Å². The fourth-order valence-electron chi connectivity index (χ4n) is 4.13. The number of carbonyl (C=O) groups is 1. The topological polar surface area (TPSA) is 102 Å². The number of aromatic nitrogens is 4. The van der Waals surface area contributed by atoms with Gasteiger partial charge in [-0.05, 0) is 49.4 Å². The molecule has 0 unspecified atom stereocenters. The van der Waals surface area contributed by atoms with Crippen molar-refractivity contribution >= 4 is 32.7 Å². The first-order chi connectivity index (χ1) is 16.7. The second-order valence-electron chi connectivity index (χ2n) is 8.31. The molecule has 1 N–H and O–H groups in total. The van der Waals surface area contributed by atoms with Crippen molar-refractivity contribution in [2.45, 2.75) is 38.5 Å². The van der Waals surface area contributed by atoms with Crippen LogP contribution in [0.4, 0.5) is 5.69 Å². The molecule has 10 heteroatoms. The molecule has 0 spiro atoms. The van der Waals surface area contributed by atoms with Gasteiger partial charge in [0.25, 0.3) is 0 Å². The van der Waals surface area contributed by atoms with E-state index in [9.17, 15) is 13.2 Å². The van der Waals surface area contributed by atoms with E-state index in [4.69, 9.17) is 0 Å². The maximum atomic E-state index is 12.9. The SMILES string of the molecule is CCN(CC)S(=O)(=O)c1ccc2c(c1)nc(CCC(=O)Nc1cccc(-n3nccc3C)c1)n2C. The zero-order valence-electron chi connectivity index (χ0n) is 20.4. The van der Waals surface area contributed by atoms with Crippen molar-refractivity contribution in [1.82, 2.24) is 23.6 Å². The maximum absolute atomic E-state index is 12.9. The predicted molar refractivity (Wildman–Crippen MR) is 136 cm³/mol. The van der Waals surface area contributed by atoms with E-state index in [1.54, 1.807) is 24.4 Å². The molecule has 0 aliphatic rings. The van der Waals surface area contributed by atoms with Gasteiger partial charge in [0.05, 0.1) is 21.6 Å². The van der Waals surface area contributed by atoms with Crippen molar-refractivity contribution in [3.8, 4) is 5.69 Å². The number of carbonyl (C=O) groups excluding carboxylic acids is 1. The number of sulfonamides is 1. The fraction of sp³-hybridized carbons (Fsp3) is 0.320. The molecule has 0 bridgehead atoms. The summed E-state index contributed by atoms with van der Waals surface area (Å²) >= 11 is 0. The first-order valence-electron chi connectivity index (χ1n) is 11.6. The van der Waals surface area contributed by atoms with E-state index in [1.807, 2.05) is 67.4 Å². The molecule has 184 valence electrons. The Morgan fingerprint density at radius 3 is 2.54 bits per heavy atom. The summed E-state index contributed by atoms with van der Waals surface area (Å²) in [5.41, 5.74) is 3.98. The van der Waals surface area contributed by atoms with Crippen LogP contribution in [-0.2, 0) is 28.3 Å². The standard InChI is InChI=1S/C25H30N6O3S/c1-5-30(6-2)35(33,34)21-10-11-23-22(17-21)28-24(29(23)4)12-13-25(32)27-19-8-7-9-20(16-19)31-18(3)14-15-26-31/h7-11,14-17H,5-6,12-13H2,1-4H3,(H,27,32). The van der Waals surface area contributed by atoms with E-state index >= 15 is 0 Å². The molecule has 0 saturated carbocycles. The van der Waals surface area contributed by atoms with Gasteiger partial charge in [0.2, 0.25) is 15.9 Å². The Kier molecular flexibility index (Phi) is 7.04. The average Bonchev–Trinajstić information content (AvgIpc) is 3.41. The minimum Gasteiger partial charge on any atom is -0.331 e. The molecule has 2 aromatic carbocycles. The molecule has 35 heavy (non-hydrogen) atoms. The molecule has 0 saturated heterocycles. The van der Waals surface area contributed by atoms with Crippen molar-refractivity contribution < 1.29 is 13.2 Å². The summed E-state index contributed by atoms with van der Waals surface area (Å²) < 4.78 is 30.9. The Balaban J connectivity index is 1.47. The summed E-state index contributed by atoms with van der Waals surface area (Å²) in [6, 6.07) is 14.4. The lowest BCUT2D eigenvalue weighted by atomic mass is 10.2. The van der Waals surface area contributed by atoms with Crippen LogP contribution in [0, 0.1) is 6.92 Å². The summed E-state index contributed by atoms with van der Waals surface area (Å²) in [6.07, 6.45) is 2.40. The third-order valence-electron chi connectivity index (χ3n) is 6.07. The molecule has 0 atom stereocenters. The fourth-order valence-corrected chi connectivity index (χ4v) is 5.61. The highest BCUT2D eigenvalue weighted by atomic mass is 32.2. The lowest BCUT2D eigenvalue weighted by Crippen LogP contribution is -2.30. The number of amides is 1. The maximum Gasteiger partial charge on any atom is 0.243 e. The van der Waals surface area contributed by atoms with Gasteiger partial charge in [0.1, 0.15) is 5.82 Å². The predicted octanol–water partition coefficient (Wildman–Crippen LogP) is 3.67. The Labute approximate surface area is 205 Å². The Bertz CT molecular complexity index is 1470. The van der Waals surface area contributed by atoms with Crippen molar-refractivity contribution in [2.24, 2.45) is 7.05 Å². The van der Waals surface area contributed by atoms with Crippen LogP contribution in [0.25, 0.3) is 16.7 Å². The van der Waals surface area contributed by atoms with E-state index in [-0.39, 0.29) is 17.2 Å². The van der Waals surface area contributed by atoms with Crippen LogP contribution in [0.1, 0.15) is 31.8 Å². The average molecular weight is 495 g/mol. The monoisotopic (exact) mass is 494 g/mol. The van der Waals surface area contributed by atoms with Crippen LogP contribution in [0.15, 0.2) is 59.6 Å². The van der Waals surface area contributed by atoms with Crippen molar-refractivity contribution in [3.05, 3.63) is 66.2 Å². The smallest absolute Gasteiger partial charge is 0.243 e. The molecule has 0 aliphatic carbocycles. The molecule has 2 aromatic heterocycles. The lowest BCUT2D eigenvalue weighted by Gasteiger charge is -2.18. The van der Waals surface area contributed by atoms with E-state index in [2.05, 4.69) is 15.4 Å². The number of anilines is 1. The zero-order valence-corrected chi connectivity index (χ0v) is 21.2. The summed E-state index contributed by atoms with van der Waals surface area (Å²) in [6.45, 7) is 6.42. The molecular weight excluding hydrogens is 464 g/mol. The highest BCUT2D eigenvalue weighted by Crippen LogP contribution is 2.23. The highest BCUT2D eigenvalue weighted by molar-refractivity contribution is 7.89. The van der Waals surface area contributed by atoms with Crippen LogP contribution >= 0.6 is 0 Å². The third-order valence-corrected chi connectivity index (χ3v) is 8.12. The van der Waals surface area contributed by atoms with E-state index in [0.717, 1.165) is 16.9 Å². The van der Waals surface area contributed by atoms with Gasteiger partial charge in [-0.25, -0.2) is 18.1 Å². The van der Waals surface area contributed by atoms with Gasteiger partial charge in [-0.1, -0.05) is 19.9 Å². The van der Waals surface area contributed by atoms with Gasteiger partial charge >= 0.3 is 0 Å². The molecule has 9 nitrogen and oxygen atoms in total. The number of fused-ring (bicyclic) bond motifs is 1. The molecule has 4 aromatic rings. The second kappa shape index (κ2) is 10.0. The molecule has 0 radical (unpaired) electrons. The van der Waals surface area contributed by atoms with Gasteiger partial charge in [-0.3, -0.25) is 4.79 Å². The summed E-state index contributed by atoms with van der Waals surface area (Å²) in [5, 5.41) is 7.25. The number of imidazole rings is 1. The number of nitrogens with zero attached hydrogens (tertiary/aromatic N) is 5. The van der Waals surface area contributed by atoms with Crippen LogP contribution < -0.4 is 5.32 Å². The normalized spacial score (nSPS) is 11.9. The molecule has 4 rings (SSSR count). The lowest BCUT2D eigenvalue weighted by molar-refractivity contribution is -0.116. The Morgan fingerprint density at radius 1 is 1.09 bits per heavy atom. The highest BCUT2D eigenvalue weighted by Gasteiger charge is 2.22. The van der Waals surface area contributed by atoms with E-state index in [0.29, 0.717) is 36.5 Å². The quantitative estimate of drug-likeness (QED) is 0.383. The van der Waals surface area contributed by atoms with Crippen LogP contribution in [0.3, 0.4) is 0 Å². The molecule has 0 fully saturated rings. The van der Waals surface area contributed by atoms with Crippen LogP contribution in [-0.4, -0.2) is 51.1 Å². The molecular formula is C25H30N6O3S. The number of rotatable bonds is 9. The van der Waals surface area contributed by atoms with Gasteiger partial charge in [-0.15, -0.1) is 0 Å². The minimum absolute atomic E-state index is 0.129. The first-order valence-corrected chi connectivity index (χ1v) is 13.0. The zero-order chi connectivity index (χ0) is 25.2. The third kappa shape index (κ3) is 4.98. The van der Waals surface area contributed by atoms with E-state index in [1.165, 1.54) is 4.31 Å². The van der Waals surface area contributed by atoms with Crippen LogP contribution in [0.2, 0.25) is 0 Å².